The van der Waals surface area contributed by atoms with E-state index in [1.807, 2.05) is 12.1 Å². The Balaban J connectivity index is 1.84. The second-order valence-electron chi connectivity index (χ2n) is 5.51. The Kier molecular flexibility index (Phi) is 3.03. The van der Waals surface area contributed by atoms with Gasteiger partial charge in [-0.15, -0.1) is 0 Å². The molecule has 0 bridgehead atoms. The molecule has 0 spiro atoms. The Bertz CT molecular complexity index is 570. The van der Waals surface area contributed by atoms with Crippen LogP contribution in [0.25, 0.3) is 0 Å². The number of anilines is 1. The molecular weight excluding hydrogens is 262 g/mol. The maximum atomic E-state index is 11.2. The summed E-state index contributed by atoms with van der Waals surface area (Å²) in [6.45, 7) is 5.44. The summed E-state index contributed by atoms with van der Waals surface area (Å²) >= 11 is 0. The van der Waals surface area contributed by atoms with E-state index in [0.29, 0.717) is 17.9 Å². The molecule has 104 valence electrons. The lowest BCUT2D eigenvalue weighted by Gasteiger charge is -2.26. The number of rotatable bonds is 2. The molecule has 2 fully saturated rings. The monoisotopic (exact) mass is 281 g/mol. The van der Waals surface area contributed by atoms with E-state index < -0.39 is 10.0 Å². The maximum absolute atomic E-state index is 11.2. The van der Waals surface area contributed by atoms with Crippen molar-refractivity contribution in [3.63, 3.8) is 0 Å². The summed E-state index contributed by atoms with van der Waals surface area (Å²) in [7, 11) is -3.60. The largest absolute Gasteiger partial charge is 0.368 e. The number of sulfonamides is 1. The van der Waals surface area contributed by atoms with Gasteiger partial charge in [0.25, 0.3) is 0 Å². The van der Waals surface area contributed by atoms with Gasteiger partial charge in [-0.3, -0.25) is 0 Å². The van der Waals surface area contributed by atoms with Crippen molar-refractivity contribution in [3.05, 3.63) is 24.3 Å². The van der Waals surface area contributed by atoms with Crippen LogP contribution < -0.4 is 15.4 Å². The number of primary sulfonamides is 1. The van der Waals surface area contributed by atoms with Gasteiger partial charge in [-0.1, -0.05) is 0 Å². The lowest BCUT2D eigenvalue weighted by Crippen LogP contribution is -2.33. The highest BCUT2D eigenvalue weighted by atomic mass is 32.2. The Morgan fingerprint density at radius 2 is 1.95 bits per heavy atom. The number of hydrogen-bond donors (Lipinski definition) is 2. The van der Waals surface area contributed by atoms with Gasteiger partial charge >= 0.3 is 0 Å². The molecule has 2 aliphatic heterocycles. The van der Waals surface area contributed by atoms with Crippen molar-refractivity contribution >= 4 is 15.7 Å². The summed E-state index contributed by atoms with van der Waals surface area (Å²) in [5, 5.41) is 8.55. The highest BCUT2D eigenvalue weighted by Crippen LogP contribution is 2.35. The van der Waals surface area contributed by atoms with Crippen LogP contribution >= 0.6 is 0 Å². The first-order valence-corrected chi connectivity index (χ1v) is 8.11. The molecule has 2 aliphatic rings. The predicted octanol–water partition coefficient (Wildman–Crippen LogP) is 0.378. The number of fused-ring (bicyclic) bond motifs is 1. The first-order chi connectivity index (χ1) is 8.97. The SMILES string of the molecule is CC1C2CNCC2CN1c1ccc(S(N)(=O)=O)cc1. The van der Waals surface area contributed by atoms with Crippen LogP contribution in [0.2, 0.25) is 0 Å². The third kappa shape index (κ3) is 2.24. The highest BCUT2D eigenvalue weighted by Gasteiger charge is 2.41. The molecule has 3 rings (SSSR count). The summed E-state index contributed by atoms with van der Waals surface area (Å²) in [6.07, 6.45) is 0. The zero-order valence-corrected chi connectivity index (χ0v) is 11.7. The van der Waals surface area contributed by atoms with Crippen molar-refractivity contribution in [2.45, 2.75) is 17.9 Å². The third-order valence-corrected chi connectivity index (χ3v) is 5.36. The molecule has 3 atom stereocenters. The van der Waals surface area contributed by atoms with Crippen molar-refractivity contribution in [1.29, 1.82) is 0 Å². The van der Waals surface area contributed by atoms with Gasteiger partial charge in [0.2, 0.25) is 10.0 Å². The van der Waals surface area contributed by atoms with Gasteiger partial charge in [0.15, 0.2) is 0 Å². The summed E-state index contributed by atoms with van der Waals surface area (Å²) in [5.74, 6) is 1.39. The van der Waals surface area contributed by atoms with Crippen molar-refractivity contribution in [2.24, 2.45) is 17.0 Å². The Morgan fingerprint density at radius 3 is 2.53 bits per heavy atom. The van der Waals surface area contributed by atoms with Crippen LogP contribution in [0.15, 0.2) is 29.2 Å². The normalized spacial score (nSPS) is 30.6. The van der Waals surface area contributed by atoms with Gasteiger partial charge in [0.1, 0.15) is 0 Å². The summed E-state index contributed by atoms with van der Waals surface area (Å²) < 4.78 is 22.5. The molecule has 5 nitrogen and oxygen atoms in total. The molecule has 1 aromatic rings. The molecule has 2 saturated heterocycles. The van der Waals surface area contributed by atoms with E-state index >= 15 is 0 Å². The van der Waals surface area contributed by atoms with Crippen LogP contribution in [0.3, 0.4) is 0 Å². The third-order valence-electron chi connectivity index (χ3n) is 4.43. The summed E-state index contributed by atoms with van der Waals surface area (Å²) in [6, 6.07) is 7.36. The Hall–Kier alpha value is -1.11. The van der Waals surface area contributed by atoms with Crippen molar-refractivity contribution in [3.8, 4) is 0 Å². The van der Waals surface area contributed by atoms with Gasteiger partial charge < -0.3 is 10.2 Å². The van der Waals surface area contributed by atoms with Crippen molar-refractivity contribution < 1.29 is 8.42 Å². The zero-order chi connectivity index (χ0) is 13.6. The van der Waals surface area contributed by atoms with Gasteiger partial charge in [-0.2, -0.15) is 0 Å². The smallest absolute Gasteiger partial charge is 0.238 e. The van der Waals surface area contributed by atoms with E-state index in [1.54, 1.807) is 12.1 Å². The molecule has 0 radical (unpaired) electrons. The van der Waals surface area contributed by atoms with E-state index in [4.69, 9.17) is 5.14 Å². The molecule has 0 amide bonds. The number of nitrogens with zero attached hydrogens (tertiary/aromatic N) is 1. The van der Waals surface area contributed by atoms with E-state index in [-0.39, 0.29) is 4.90 Å². The maximum Gasteiger partial charge on any atom is 0.238 e. The number of nitrogens with one attached hydrogen (secondary N) is 1. The molecule has 3 N–H and O–H groups in total. The van der Waals surface area contributed by atoms with Gasteiger partial charge in [0, 0.05) is 31.4 Å². The quantitative estimate of drug-likeness (QED) is 0.821. The molecule has 1 aromatic carbocycles. The Labute approximate surface area is 113 Å². The topological polar surface area (TPSA) is 75.4 Å². The number of nitrogens with two attached hydrogens (primary N) is 1. The molecule has 3 unspecified atom stereocenters. The molecule has 19 heavy (non-hydrogen) atoms. The summed E-state index contributed by atoms with van der Waals surface area (Å²) in [4.78, 5) is 2.54. The van der Waals surface area contributed by atoms with Crippen LogP contribution in [-0.2, 0) is 10.0 Å². The van der Waals surface area contributed by atoms with Crippen LogP contribution in [0.1, 0.15) is 6.92 Å². The second kappa shape index (κ2) is 4.47. The first kappa shape index (κ1) is 12.9. The predicted molar refractivity (Wildman–Crippen MR) is 74.5 cm³/mol. The molecule has 0 aromatic heterocycles. The van der Waals surface area contributed by atoms with Crippen LogP contribution in [0.4, 0.5) is 5.69 Å². The summed E-state index contributed by atoms with van der Waals surface area (Å²) in [5.41, 5.74) is 1.08. The van der Waals surface area contributed by atoms with Crippen LogP contribution in [-0.4, -0.2) is 34.1 Å². The molecule has 2 heterocycles. The first-order valence-electron chi connectivity index (χ1n) is 6.57. The lowest BCUT2D eigenvalue weighted by molar-refractivity contribution is 0.471. The molecule has 6 heteroatoms. The minimum atomic E-state index is -3.60. The second-order valence-corrected chi connectivity index (χ2v) is 7.08. The van der Waals surface area contributed by atoms with Gasteiger partial charge in [-0.05, 0) is 43.0 Å². The Morgan fingerprint density at radius 1 is 1.26 bits per heavy atom. The average Bonchev–Trinajstić information content (AvgIpc) is 2.92. The molecule has 0 aliphatic carbocycles. The van der Waals surface area contributed by atoms with Gasteiger partial charge in [-0.25, -0.2) is 13.6 Å². The fourth-order valence-corrected chi connectivity index (χ4v) is 3.85. The van der Waals surface area contributed by atoms with Crippen LogP contribution in [0, 0.1) is 11.8 Å². The average molecular weight is 281 g/mol. The fraction of sp³-hybridized carbons (Fsp3) is 0.538. The van der Waals surface area contributed by atoms with Crippen molar-refractivity contribution in [1.82, 2.24) is 5.32 Å². The van der Waals surface area contributed by atoms with E-state index in [0.717, 1.165) is 25.3 Å². The van der Waals surface area contributed by atoms with E-state index in [1.165, 1.54) is 0 Å². The fourth-order valence-electron chi connectivity index (χ4n) is 3.34. The molecular formula is C13H19N3O2S. The van der Waals surface area contributed by atoms with E-state index in [2.05, 4.69) is 17.1 Å². The van der Waals surface area contributed by atoms with Gasteiger partial charge in [0.05, 0.1) is 4.90 Å². The zero-order valence-electron chi connectivity index (χ0n) is 10.9. The minimum absolute atomic E-state index is 0.171. The van der Waals surface area contributed by atoms with E-state index in [9.17, 15) is 8.42 Å². The molecule has 0 saturated carbocycles. The van der Waals surface area contributed by atoms with Crippen molar-refractivity contribution in [2.75, 3.05) is 24.5 Å². The highest BCUT2D eigenvalue weighted by molar-refractivity contribution is 7.89. The lowest BCUT2D eigenvalue weighted by atomic mass is 9.95. The standard InChI is InChI=1S/C13H19N3O2S/c1-9-13-7-15-6-10(13)8-16(9)11-2-4-12(5-3-11)19(14,17)18/h2-5,9-10,13,15H,6-8H2,1H3,(H2,14,17,18). The number of benzene rings is 1. The number of hydrogen-bond acceptors (Lipinski definition) is 4. The van der Waals surface area contributed by atoms with Crippen LogP contribution in [0.5, 0.6) is 0 Å². The minimum Gasteiger partial charge on any atom is -0.368 e.